The molecule has 1 aliphatic carbocycles. The number of benzene rings is 2. The lowest BCUT2D eigenvalue weighted by Crippen LogP contribution is -2.15. The van der Waals surface area contributed by atoms with Gasteiger partial charge >= 0.3 is 5.97 Å². The third-order valence-corrected chi connectivity index (χ3v) is 5.82. The van der Waals surface area contributed by atoms with E-state index in [1.54, 1.807) is 0 Å². The molecule has 1 aliphatic rings. The normalized spacial score (nSPS) is 16.1. The molecule has 1 saturated carbocycles. The Morgan fingerprint density at radius 2 is 1.47 bits per heavy atom. The van der Waals surface area contributed by atoms with E-state index >= 15 is 0 Å². The van der Waals surface area contributed by atoms with Gasteiger partial charge in [0.2, 0.25) is 0 Å². The Morgan fingerprint density at radius 1 is 0.912 bits per heavy atom. The van der Waals surface area contributed by atoms with Crippen LogP contribution in [0.4, 0.5) is 0 Å². The number of rotatable bonds is 10. The molecule has 4 heteroatoms. The van der Waals surface area contributed by atoms with Crippen LogP contribution >= 0.6 is 0 Å². The van der Waals surface area contributed by atoms with Gasteiger partial charge in [0, 0.05) is 12.2 Å². The Bertz CT molecular complexity index is 977. The van der Waals surface area contributed by atoms with Crippen LogP contribution in [-0.4, -0.2) is 18.9 Å². The molecule has 0 N–H and O–H groups in total. The molecule has 1 atom stereocenters. The van der Waals surface area contributed by atoms with Crippen molar-refractivity contribution in [2.45, 2.75) is 59.2 Å². The summed E-state index contributed by atoms with van der Waals surface area (Å²) in [7, 11) is 0. The van der Waals surface area contributed by atoms with Gasteiger partial charge in [0.05, 0.1) is 0 Å². The van der Waals surface area contributed by atoms with Crippen molar-refractivity contribution in [3.05, 3.63) is 83.5 Å². The van der Waals surface area contributed by atoms with Crippen LogP contribution in [-0.2, 0) is 9.53 Å². The number of ether oxygens (including phenoxy) is 3. The lowest BCUT2D eigenvalue weighted by atomic mass is 9.88. The van der Waals surface area contributed by atoms with E-state index in [9.17, 15) is 4.79 Å². The summed E-state index contributed by atoms with van der Waals surface area (Å²) in [6.07, 6.45) is 16.0. The number of carbonyl (C=O) groups excluding carboxylic acids is 1. The van der Waals surface area contributed by atoms with Gasteiger partial charge in [-0.1, -0.05) is 73.9 Å². The second kappa shape index (κ2) is 13.6. The molecule has 0 amide bonds. The third-order valence-electron chi connectivity index (χ3n) is 5.82. The van der Waals surface area contributed by atoms with Crippen LogP contribution in [0.2, 0.25) is 0 Å². The molecule has 180 valence electrons. The van der Waals surface area contributed by atoms with Crippen LogP contribution in [0.3, 0.4) is 0 Å². The molecule has 0 bridgehead atoms. The second-order valence-corrected chi connectivity index (χ2v) is 8.63. The minimum Gasteiger partial charge on any atom is -0.465 e. The maximum atomic E-state index is 12.4. The van der Waals surface area contributed by atoms with Gasteiger partial charge < -0.3 is 14.2 Å². The summed E-state index contributed by atoms with van der Waals surface area (Å²) >= 11 is 0. The summed E-state index contributed by atoms with van der Waals surface area (Å²) in [5.41, 5.74) is 2.82. The molecular weight excluding hydrogens is 424 g/mol. The van der Waals surface area contributed by atoms with Gasteiger partial charge in [-0.25, -0.2) is 4.79 Å². The van der Waals surface area contributed by atoms with Gasteiger partial charge in [-0.05, 0) is 74.9 Å². The quantitative estimate of drug-likeness (QED) is 0.120. The number of hydrogen-bond donors (Lipinski definition) is 0. The van der Waals surface area contributed by atoms with Crippen molar-refractivity contribution in [3.63, 3.8) is 0 Å². The number of carbonyl (C=O) groups is 1. The van der Waals surface area contributed by atoms with Crippen molar-refractivity contribution in [1.29, 1.82) is 0 Å². The predicted molar refractivity (Wildman–Crippen MR) is 139 cm³/mol. The van der Waals surface area contributed by atoms with Crippen LogP contribution in [0.15, 0.2) is 72.3 Å². The first-order chi connectivity index (χ1) is 16.5. The van der Waals surface area contributed by atoms with Crippen molar-refractivity contribution in [3.8, 4) is 11.5 Å². The van der Waals surface area contributed by atoms with Crippen LogP contribution < -0.4 is 9.47 Å². The molecule has 2 aromatic carbocycles. The first-order valence-corrected chi connectivity index (χ1v) is 12.3. The predicted octanol–water partition coefficient (Wildman–Crippen LogP) is 7.61. The van der Waals surface area contributed by atoms with Crippen LogP contribution in [0, 0.1) is 5.92 Å². The fourth-order valence-electron chi connectivity index (χ4n) is 4.01. The highest BCUT2D eigenvalue weighted by atomic mass is 16.7. The summed E-state index contributed by atoms with van der Waals surface area (Å²) in [6.45, 7) is 6.30. The first kappa shape index (κ1) is 25.5. The van der Waals surface area contributed by atoms with E-state index in [4.69, 9.17) is 14.2 Å². The van der Waals surface area contributed by atoms with Crippen molar-refractivity contribution < 1.29 is 19.0 Å². The zero-order chi connectivity index (χ0) is 24.2. The minimum absolute atomic E-state index is 0.258. The van der Waals surface area contributed by atoms with Crippen LogP contribution in [0.25, 0.3) is 12.2 Å². The molecule has 4 nitrogen and oxygen atoms in total. The molecule has 0 saturated heterocycles. The van der Waals surface area contributed by atoms with Crippen molar-refractivity contribution in [2.75, 3.05) is 6.61 Å². The molecule has 0 aliphatic heterocycles. The largest absolute Gasteiger partial charge is 0.465 e. The molecule has 1 unspecified atom stereocenters. The summed E-state index contributed by atoms with van der Waals surface area (Å²) in [5, 5.41) is 0. The second-order valence-electron chi connectivity index (χ2n) is 8.63. The van der Waals surface area contributed by atoms with E-state index in [2.05, 4.69) is 6.08 Å². The first-order valence-electron chi connectivity index (χ1n) is 12.3. The highest BCUT2D eigenvalue weighted by molar-refractivity contribution is 5.89. The maximum absolute atomic E-state index is 12.4. The zero-order valence-electron chi connectivity index (χ0n) is 20.5. The third kappa shape index (κ3) is 8.68. The SMILES string of the molecule is CCOC(C)Oc1ccc(C=CC=Cc2ccc(OC(=O)C(C)=CC3CCCCC3)cc2)cc1. The van der Waals surface area contributed by atoms with Gasteiger partial charge in [0.1, 0.15) is 11.5 Å². The van der Waals surface area contributed by atoms with E-state index in [0.29, 0.717) is 23.8 Å². The topological polar surface area (TPSA) is 44.8 Å². The Kier molecular flexibility index (Phi) is 10.2. The maximum Gasteiger partial charge on any atom is 0.338 e. The average molecular weight is 461 g/mol. The molecule has 0 radical (unpaired) electrons. The van der Waals surface area contributed by atoms with Crippen LogP contribution in [0.1, 0.15) is 64.0 Å². The summed E-state index contributed by atoms with van der Waals surface area (Å²) in [6, 6.07) is 15.4. The highest BCUT2D eigenvalue weighted by Crippen LogP contribution is 2.26. The molecule has 3 rings (SSSR count). The van der Waals surface area contributed by atoms with Crippen molar-refractivity contribution in [2.24, 2.45) is 5.92 Å². The van der Waals surface area contributed by atoms with Crippen molar-refractivity contribution >= 4 is 18.1 Å². The number of allylic oxidation sites excluding steroid dienone is 3. The Morgan fingerprint density at radius 3 is 2.03 bits per heavy atom. The van der Waals surface area contributed by atoms with E-state index < -0.39 is 0 Å². The number of esters is 1. The van der Waals surface area contributed by atoms with Crippen LogP contribution in [0.5, 0.6) is 11.5 Å². The standard InChI is InChI=1S/C30H36O4/c1-4-32-24(3)33-28-18-14-25(15-19-28)10-8-9-11-26-16-20-29(21-17-26)34-30(31)23(2)22-27-12-6-5-7-13-27/h8-11,14-22,24,27H,4-7,12-13H2,1-3H3. The molecule has 2 aromatic rings. The van der Waals surface area contributed by atoms with E-state index in [1.165, 1.54) is 32.1 Å². The smallest absolute Gasteiger partial charge is 0.338 e. The lowest BCUT2D eigenvalue weighted by Gasteiger charge is -2.18. The van der Waals surface area contributed by atoms with Gasteiger partial charge in [0.25, 0.3) is 0 Å². The van der Waals surface area contributed by atoms with Crippen molar-refractivity contribution in [1.82, 2.24) is 0 Å². The zero-order valence-corrected chi connectivity index (χ0v) is 20.5. The Hall–Kier alpha value is -3.11. The monoisotopic (exact) mass is 460 g/mol. The fourth-order valence-corrected chi connectivity index (χ4v) is 4.01. The molecule has 0 heterocycles. The van der Waals surface area contributed by atoms with E-state index in [-0.39, 0.29) is 12.3 Å². The molecular formula is C30H36O4. The van der Waals surface area contributed by atoms with Gasteiger partial charge in [-0.15, -0.1) is 0 Å². The highest BCUT2D eigenvalue weighted by Gasteiger charge is 2.14. The average Bonchev–Trinajstić information content (AvgIpc) is 2.84. The van der Waals surface area contributed by atoms with Gasteiger partial charge in [-0.2, -0.15) is 0 Å². The van der Waals surface area contributed by atoms with E-state index in [0.717, 1.165) is 16.9 Å². The number of hydrogen-bond acceptors (Lipinski definition) is 4. The Labute approximate surface area is 203 Å². The summed E-state index contributed by atoms with van der Waals surface area (Å²) in [5.74, 6) is 1.60. The molecule has 0 aromatic heterocycles. The molecule has 1 fully saturated rings. The minimum atomic E-state index is -0.263. The summed E-state index contributed by atoms with van der Waals surface area (Å²) < 4.78 is 16.6. The van der Waals surface area contributed by atoms with Gasteiger partial charge in [-0.3, -0.25) is 0 Å². The van der Waals surface area contributed by atoms with E-state index in [1.807, 2.05) is 93.6 Å². The lowest BCUT2D eigenvalue weighted by molar-refractivity contribution is -0.130. The van der Waals surface area contributed by atoms with Gasteiger partial charge in [0.15, 0.2) is 6.29 Å². The molecule has 0 spiro atoms. The summed E-state index contributed by atoms with van der Waals surface area (Å²) in [4.78, 5) is 12.4. The fraction of sp³-hybridized carbons (Fsp3) is 0.367. The molecule has 34 heavy (non-hydrogen) atoms. The Balaban J connectivity index is 1.47.